The van der Waals surface area contributed by atoms with Crippen molar-refractivity contribution in [2.24, 2.45) is 0 Å². The van der Waals surface area contributed by atoms with Gasteiger partial charge in [0, 0.05) is 39.3 Å². The molecule has 2 aliphatic heterocycles. The molecule has 2 aliphatic rings. The van der Waals surface area contributed by atoms with Gasteiger partial charge in [-0.25, -0.2) is 0 Å². The summed E-state index contributed by atoms with van der Waals surface area (Å²) >= 11 is 0. The lowest BCUT2D eigenvalue weighted by Crippen LogP contribution is -2.46. The van der Waals surface area contributed by atoms with Gasteiger partial charge in [0.1, 0.15) is 0 Å². The van der Waals surface area contributed by atoms with Crippen LogP contribution in [0.4, 0.5) is 11.8 Å². The Bertz CT molecular complexity index is 454. The second kappa shape index (κ2) is 6.02. The molecule has 7 heteroatoms. The van der Waals surface area contributed by atoms with E-state index >= 15 is 0 Å². The monoisotopic (exact) mass is 276 g/mol. The molecule has 3 rings (SSSR count). The van der Waals surface area contributed by atoms with Crippen LogP contribution in [0.15, 0.2) is 6.20 Å². The van der Waals surface area contributed by atoms with E-state index in [1.807, 2.05) is 0 Å². The predicted octanol–water partition coefficient (Wildman–Crippen LogP) is 0.140. The fourth-order valence-corrected chi connectivity index (χ4v) is 2.72. The van der Waals surface area contributed by atoms with Crippen molar-refractivity contribution >= 4 is 18.2 Å². The summed E-state index contributed by atoms with van der Waals surface area (Å²) in [7, 11) is 0. The second-order valence-corrected chi connectivity index (χ2v) is 5.29. The number of piperidine rings is 1. The molecule has 7 nitrogen and oxygen atoms in total. The highest BCUT2D eigenvalue weighted by atomic mass is 16.1. The number of carbonyl (C=O) groups excluding carboxylic acids is 1. The van der Waals surface area contributed by atoms with Crippen molar-refractivity contribution in [1.82, 2.24) is 20.1 Å². The summed E-state index contributed by atoms with van der Waals surface area (Å²) in [6.45, 7) is 5.09. The summed E-state index contributed by atoms with van der Waals surface area (Å²) in [6, 6.07) is 0. The maximum absolute atomic E-state index is 10.7. The van der Waals surface area contributed by atoms with Crippen molar-refractivity contribution in [3.05, 3.63) is 6.20 Å². The summed E-state index contributed by atoms with van der Waals surface area (Å²) in [5, 5.41) is 8.24. The molecule has 1 amide bonds. The van der Waals surface area contributed by atoms with Crippen molar-refractivity contribution in [2.45, 2.75) is 19.3 Å². The Balaban J connectivity index is 1.69. The quantitative estimate of drug-likeness (QED) is 0.732. The minimum atomic E-state index is 0.679. The zero-order chi connectivity index (χ0) is 13.8. The van der Waals surface area contributed by atoms with Gasteiger partial charge < -0.3 is 14.7 Å². The summed E-state index contributed by atoms with van der Waals surface area (Å²) in [5.74, 6) is 1.60. The fraction of sp³-hybridized carbons (Fsp3) is 0.692. The number of carbonyl (C=O) groups is 1. The second-order valence-electron chi connectivity index (χ2n) is 5.29. The van der Waals surface area contributed by atoms with E-state index < -0.39 is 0 Å². The van der Waals surface area contributed by atoms with Crippen LogP contribution in [0.25, 0.3) is 0 Å². The molecule has 108 valence electrons. The summed E-state index contributed by atoms with van der Waals surface area (Å²) in [6.07, 6.45) is 6.39. The summed E-state index contributed by atoms with van der Waals surface area (Å²) in [5.41, 5.74) is 0. The first-order valence-electron chi connectivity index (χ1n) is 7.26. The molecule has 20 heavy (non-hydrogen) atoms. The molecule has 0 spiro atoms. The van der Waals surface area contributed by atoms with Gasteiger partial charge in [0.2, 0.25) is 12.4 Å². The maximum atomic E-state index is 10.7. The van der Waals surface area contributed by atoms with Gasteiger partial charge in [0.15, 0.2) is 5.82 Å². The molecule has 2 fully saturated rings. The highest BCUT2D eigenvalue weighted by molar-refractivity contribution is 5.48. The topological polar surface area (TPSA) is 65.5 Å². The number of hydrogen-bond acceptors (Lipinski definition) is 6. The van der Waals surface area contributed by atoms with E-state index in [0.717, 1.165) is 51.5 Å². The van der Waals surface area contributed by atoms with Gasteiger partial charge >= 0.3 is 0 Å². The molecule has 0 unspecified atom stereocenters. The van der Waals surface area contributed by atoms with E-state index in [1.165, 1.54) is 19.3 Å². The van der Waals surface area contributed by atoms with Crippen LogP contribution >= 0.6 is 0 Å². The Hall–Kier alpha value is -1.92. The maximum Gasteiger partial charge on any atom is 0.247 e. The normalized spacial score (nSPS) is 20.1. The van der Waals surface area contributed by atoms with E-state index in [-0.39, 0.29) is 0 Å². The number of amides is 1. The number of piperazine rings is 1. The molecular formula is C13H20N6O. The highest BCUT2D eigenvalue weighted by Crippen LogP contribution is 2.19. The van der Waals surface area contributed by atoms with E-state index in [2.05, 4.69) is 25.0 Å². The smallest absolute Gasteiger partial charge is 0.247 e. The molecule has 1 aromatic rings. The van der Waals surface area contributed by atoms with Crippen LogP contribution in [-0.2, 0) is 4.79 Å². The molecule has 0 radical (unpaired) electrons. The molecule has 0 N–H and O–H groups in total. The number of rotatable bonds is 3. The van der Waals surface area contributed by atoms with Gasteiger partial charge in [-0.1, -0.05) is 0 Å². The van der Waals surface area contributed by atoms with Crippen molar-refractivity contribution in [3.63, 3.8) is 0 Å². The van der Waals surface area contributed by atoms with Gasteiger partial charge in [-0.2, -0.15) is 10.1 Å². The van der Waals surface area contributed by atoms with Crippen LogP contribution in [0.3, 0.4) is 0 Å². The van der Waals surface area contributed by atoms with Crippen molar-refractivity contribution < 1.29 is 4.79 Å². The SMILES string of the molecule is O=CN1CCN(c2nncc(N3CCCCC3)n2)CC1. The minimum absolute atomic E-state index is 0.679. The zero-order valence-electron chi connectivity index (χ0n) is 11.6. The Morgan fingerprint density at radius 1 is 0.950 bits per heavy atom. The Kier molecular flexibility index (Phi) is 3.94. The number of nitrogens with zero attached hydrogens (tertiary/aromatic N) is 6. The molecule has 0 aliphatic carbocycles. The molecular weight excluding hydrogens is 256 g/mol. The third-order valence-electron chi connectivity index (χ3n) is 3.96. The van der Waals surface area contributed by atoms with Gasteiger partial charge in [-0.15, -0.1) is 5.10 Å². The molecule has 0 bridgehead atoms. The Labute approximate surface area is 118 Å². The van der Waals surface area contributed by atoms with Crippen LogP contribution in [0.5, 0.6) is 0 Å². The average molecular weight is 276 g/mol. The lowest BCUT2D eigenvalue weighted by molar-refractivity contribution is -0.118. The van der Waals surface area contributed by atoms with Crippen molar-refractivity contribution in [2.75, 3.05) is 49.1 Å². The fourth-order valence-electron chi connectivity index (χ4n) is 2.72. The van der Waals surface area contributed by atoms with Crippen LogP contribution < -0.4 is 9.80 Å². The summed E-state index contributed by atoms with van der Waals surface area (Å²) < 4.78 is 0. The van der Waals surface area contributed by atoms with Gasteiger partial charge in [-0.3, -0.25) is 4.79 Å². The van der Waals surface area contributed by atoms with Gasteiger partial charge in [-0.05, 0) is 19.3 Å². The molecule has 3 heterocycles. The van der Waals surface area contributed by atoms with Crippen molar-refractivity contribution in [1.29, 1.82) is 0 Å². The minimum Gasteiger partial charge on any atom is -0.355 e. The summed E-state index contributed by atoms with van der Waals surface area (Å²) in [4.78, 5) is 21.5. The third-order valence-corrected chi connectivity index (χ3v) is 3.96. The molecule has 2 saturated heterocycles. The largest absolute Gasteiger partial charge is 0.355 e. The van der Waals surface area contributed by atoms with Crippen LogP contribution in [0.1, 0.15) is 19.3 Å². The Morgan fingerprint density at radius 3 is 2.40 bits per heavy atom. The lowest BCUT2D eigenvalue weighted by atomic mass is 10.1. The standard InChI is InChI=1S/C13H20N6O/c20-11-17-6-8-19(9-7-17)13-15-12(10-14-16-13)18-4-2-1-3-5-18/h10-11H,1-9H2. The van der Waals surface area contributed by atoms with Crippen LogP contribution in [0.2, 0.25) is 0 Å². The first-order valence-corrected chi connectivity index (χ1v) is 7.26. The van der Waals surface area contributed by atoms with Crippen molar-refractivity contribution in [3.8, 4) is 0 Å². The van der Waals surface area contributed by atoms with Crippen LogP contribution in [-0.4, -0.2) is 65.8 Å². The molecule has 0 aromatic carbocycles. The number of anilines is 2. The third kappa shape index (κ3) is 2.81. The first-order chi connectivity index (χ1) is 9.86. The van der Waals surface area contributed by atoms with Crippen LogP contribution in [0, 0.1) is 0 Å². The van der Waals surface area contributed by atoms with E-state index in [9.17, 15) is 4.79 Å². The first kappa shape index (κ1) is 13.1. The average Bonchev–Trinajstić information content (AvgIpc) is 2.56. The van der Waals surface area contributed by atoms with E-state index in [0.29, 0.717) is 5.95 Å². The van der Waals surface area contributed by atoms with E-state index in [4.69, 9.17) is 0 Å². The Morgan fingerprint density at radius 2 is 1.70 bits per heavy atom. The highest BCUT2D eigenvalue weighted by Gasteiger charge is 2.20. The number of aromatic nitrogens is 3. The molecule has 0 saturated carbocycles. The van der Waals surface area contributed by atoms with E-state index in [1.54, 1.807) is 11.1 Å². The van der Waals surface area contributed by atoms with Gasteiger partial charge in [0.05, 0.1) is 6.20 Å². The lowest BCUT2D eigenvalue weighted by Gasteiger charge is -2.33. The molecule has 1 aromatic heterocycles. The zero-order valence-corrected chi connectivity index (χ0v) is 11.6. The molecule has 0 atom stereocenters. The van der Waals surface area contributed by atoms with Gasteiger partial charge in [0.25, 0.3) is 0 Å². The number of hydrogen-bond donors (Lipinski definition) is 0. The predicted molar refractivity (Wildman–Crippen MR) is 75.7 cm³/mol.